The van der Waals surface area contributed by atoms with E-state index in [1.807, 2.05) is 0 Å². The lowest BCUT2D eigenvalue weighted by molar-refractivity contribution is -0.0486. The Bertz CT molecular complexity index is 1300. The lowest BCUT2D eigenvalue weighted by atomic mass is 9.76. The molecule has 1 fully saturated rings. The molecule has 2 amide bonds. The lowest BCUT2D eigenvalue weighted by Gasteiger charge is -2.42. The maximum Gasteiger partial charge on any atom is 0.415 e. The topological polar surface area (TPSA) is 143 Å². The molecule has 2 atom stereocenters. The third kappa shape index (κ3) is 5.03. The molecule has 0 saturated heterocycles. The second-order valence-electron chi connectivity index (χ2n) is 9.94. The van der Waals surface area contributed by atoms with Gasteiger partial charge in [0, 0.05) is 19.3 Å². The van der Waals surface area contributed by atoms with Crippen LogP contribution in [0.2, 0.25) is 0 Å². The average Bonchev–Trinajstić information content (AvgIpc) is 3.24. The predicted octanol–water partition coefficient (Wildman–Crippen LogP) is 2.89. The van der Waals surface area contributed by atoms with E-state index < -0.39 is 23.2 Å². The van der Waals surface area contributed by atoms with E-state index in [1.54, 1.807) is 59.1 Å². The van der Waals surface area contributed by atoms with Crippen molar-refractivity contribution in [1.29, 1.82) is 0 Å². The summed E-state index contributed by atoms with van der Waals surface area (Å²) >= 11 is 0. The van der Waals surface area contributed by atoms with Crippen LogP contribution in [0.15, 0.2) is 30.6 Å². The lowest BCUT2D eigenvalue weighted by Crippen LogP contribution is -2.58. The van der Waals surface area contributed by atoms with E-state index >= 15 is 0 Å². The van der Waals surface area contributed by atoms with Crippen LogP contribution in [0.3, 0.4) is 0 Å². The number of carbonyl (C=O) groups excluding carboxylic acids is 2. The monoisotopic (exact) mass is 497 g/mol. The van der Waals surface area contributed by atoms with Crippen molar-refractivity contribution >= 4 is 35.0 Å². The Morgan fingerprint density at radius 2 is 2.08 bits per heavy atom. The van der Waals surface area contributed by atoms with Gasteiger partial charge in [-0.3, -0.25) is 9.69 Å². The zero-order valence-electron chi connectivity index (χ0n) is 21.2. The number of fused-ring (bicyclic) bond motifs is 1. The van der Waals surface area contributed by atoms with E-state index in [0.29, 0.717) is 36.0 Å². The summed E-state index contributed by atoms with van der Waals surface area (Å²) in [5.41, 5.74) is -0.726. The Morgan fingerprint density at radius 1 is 1.33 bits per heavy atom. The van der Waals surface area contributed by atoms with Crippen molar-refractivity contribution in [2.24, 2.45) is 0 Å². The number of rotatable bonds is 6. The molecule has 1 aliphatic carbocycles. The number of hydrogen-bond acceptors (Lipinski definition) is 9. The molecule has 3 N–H and O–H groups in total. The first-order chi connectivity index (χ1) is 16.9. The molecule has 12 nitrogen and oxygen atoms in total. The van der Waals surface area contributed by atoms with Gasteiger partial charge in [-0.05, 0) is 52.7 Å². The standard InChI is InChI=1S/C24H31N7O5/c1-23(2,3)36-22(33)30(5)18-12-17(27-15-8-7-11-25-21(15)35-6)29-19-14(13-26-31(18)19)20(32)28-16-9-10-24(16,4)34/h7-8,11-13,16,34H,9-10H2,1-6H3,(H,27,29)(H,28,32)/t16-,24+/m0/s1. The predicted molar refractivity (Wildman–Crippen MR) is 133 cm³/mol. The first-order valence-electron chi connectivity index (χ1n) is 11.5. The van der Waals surface area contributed by atoms with Gasteiger partial charge in [0.15, 0.2) is 5.65 Å². The number of hydrogen-bond donors (Lipinski definition) is 3. The molecule has 1 aliphatic rings. The van der Waals surface area contributed by atoms with Gasteiger partial charge in [-0.1, -0.05) is 0 Å². The summed E-state index contributed by atoms with van der Waals surface area (Å²) in [7, 11) is 3.05. The molecule has 0 spiro atoms. The molecular weight excluding hydrogens is 466 g/mol. The fraction of sp³-hybridized carbons (Fsp3) is 0.458. The molecule has 0 bridgehead atoms. The molecular formula is C24H31N7O5. The second kappa shape index (κ2) is 9.26. The third-order valence-electron chi connectivity index (χ3n) is 5.93. The quantitative estimate of drug-likeness (QED) is 0.468. The zero-order valence-corrected chi connectivity index (χ0v) is 21.2. The van der Waals surface area contributed by atoms with Gasteiger partial charge in [0.05, 0.1) is 24.9 Å². The number of amides is 2. The maximum atomic E-state index is 13.1. The fourth-order valence-corrected chi connectivity index (χ4v) is 3.79. The van der Waals surface area contributed by atoms with Crippen molar-refractivity contribution in [3.8, 4) is 5.88 Å². The molecule has 0 radical (unpaired) electrons. The van der Waals surface area contributed by atoms with Crippen LogP contribution < -0.4 is 20.3 Å². The minimum absolute atomic E-state index is 0.193. The highest BCUT2D eigenvalue weighted by Crippen LogP contribution is 2.32. The molecule has 1 saturated carbocycles. The number of ether oxygens (including phenoxy) is 2. The Morgan fingerprint density at radius 3 is 2.69 bits per heavy atom. The van der Waals surface area contributed by atoms with Gasteiger partial charge in [-0.15, -0.1) is 0 Å². The Kier molecular flexibility index (Phi) is 6.48. The molecule has 0 unspecified atom stereocenters. The minimum Gasteiger partial charge on any atom is -0.480 e. The second-order valence-corrected chi connectivity index (χ2v) is 9.94. The van der Waals surface area contributed by atoms with E-state index in [2.05, 4.69) is 25.7 Å². The summed E-state index contributed by atoms with van der Waals surface area (Å²) in [6, 6.07) is 4.73. The Balaban J connectivity index is 1.76. The van der Waals surface area contributed by atoms with Crippen LogP contribution in [0.4, 0.5) is 22.1 Å². The minimum atomic E-state index is -0.961. The summed E-state index contributed by atoms with van der Waals surface area (Å²) in [4.78, 5) is 36.0. The fourth-order valence-electron chi connectivity index (χ4n) is 3.79. The normalized spacial score (nSPS) is 19.4. The van der Waals surface area contributed by atoms with Gasteiger partial charge in [0.2, 0.25) is 5.88 Å². The van der Waals surface area contributed by atoms with Crippen molar-refractivity contribution in [3.63, 3.8) is 0 Å². The number of carbonyl (C=O) groups is 2. The van der Waals surface area contributed by atoms with E-state index in [4.69, 9.17) is 9.47 Å². The Hall–Kier alpha value is -3.93. The van der Waals surface area contributed by atoms with Gasteiger partial charge in [-0.25, -0.2) is 14.8 Å². The Labute approximate surface area is 208 Å². The number of nitrogens with one attached hydrogen (secondary N) is 2. The SMILES string of the molecule is COc1ncccc1Nc1cc(N(C)C(=O)OC(C)(C)C)n2ncc(C(=O)N[C@H]3CC[C@@]3(C)O)c2n1. The van der Waals surface area contributed by atoms with Gasteiger partial charge in [0.25, 0.3) is 5.91 Å². The number of pyridine rings is 1. The zero-order chi connectivity index (χ0) is 26.3. The van der Waals surface area contributed by atoms with Crippen LogP contribution in [-0.2, 0) is 4.74 Å². The average molecular weight is 498 g/mol. The smallest absolute Gasteiger partial charge is 0.415 e. The number of anilines is 3. The molecule has 4 rings (SSSR count). The molecule has 36 heavy (non-hydrogen) atoms. The van der Waals surface area contributed by atoms with Crippen molar-refractivity contribution in [2.75, 3.05) is 24.4 Å². The van der Waals surface area contributed by atoms with Gasteiger partial charge in [-0.2, -0.15) is 9.61 Å². The molecule has 3 aromatic rings. The van der Waals surface area contributed by atoms with Crippen molar-refractivity contribution in [3.05, 3.63) is 36.2 Å². The molecule has 192 valence electrons. The van der Waals surface area contributed by atoms with Crippen molar-refractivity contribution in [1.82, 2.24) is 24.9 Å². The molecule has 3 heterocycles. The summed E-state index contributed by atoms with van der Waals surface area (Å²) in [6.45, 7) is 7.00. The van der Waals surface area contributed by atoms with Crippen LogP contribution >= 0.6 is 0 Å². The number of aromatic nitrogens is 4. The summed E-state index contributed by atoms with van der Waals surface area (Å²) in [5, 5.41) is 20.6. The van der Waals surface area contributed by atoms with E-state index in [-0.39, 0.29) is 17.3 Å². The summed E-state index contributed by atoms with van der Waals surface area (Å²) in [6.07, 6.45) is 3.65. The first-order valence-corrected chi connectivity index (χ1v) is 11.5. The molecule has 0 aromatic carbocycles. The third-order valence-corrected chi connectivity index (χ3v) is 5.93. The van der Waals surface area contributed by atoms with Crippen LogP contribution in [-0.4, -0.2) is 68.1 Å². The van der Waals surface area contributed by atoms with Gasteiger partial charge >= 0.3 is 6.09 Å². The molecule has 3 aromatic heterocycles. The number of nitrogens with zero attached hydrogens (tertiary/aromatic N) is 5. The van der Waals surface area contributed by atoms with Gasteiger partial charge < -0.3 is 25.2 Å². The maximum absolute atomic E-state index is 13.1. The summed E-state index contributed by atoms with van der Waals surface area (Å²) in [5.74, 6) is 0.558. The van der Waals surface area contributed by atoms with Crippen LogP contribution in [0.1, 0.15) is 50.9 Å². The number of methoxy groups -OCH3 is 1. The summed E-state index contributed by atoms with van der Waals surface area (Å²) < 4.78 is 12.2. The van der Waals surface area contributed by atoms with Crippen molar-refractivity contribution < 1.29 is 24.2 Å². The van der Waals surface area contributed by atoms with E-state index in [1.165, 1.54) is 22.7 Å². The van der Waals surface area contributed by atoms with Crippen LogP contribution in [0.5, 0.6) is 5.88 Å². The molecule has 12 heteroatoms. The van der Waals surface area contributed by atoms with E-state index in [9.17, 15) is 14.7 Å². The van der Waals surface area contributed by atoms with Gasteiger partial charge in [0.1, 0.15) is 28.5 Å². The highest BCUT2D eigenvalue weighted by molar-refractivity contribution is 6.00. The largest absolute Gasteiger partial charge is 0.480 e. The van der Waals surface area contributed by atoms with E-state index in [0.717, 1.165) is 0 Å². The van der Waals surface area contributed by atoms with Crippen molar-refractivity contribution in [2.45, 2.75) is 57.8 Å². The molecule has 0 aliphatic heterocycles. The first kappa shape index (κ1) is 25.2. The number of aliphatic hydroxyl groups is 1. The van der Waals surface area contributed by atoms with Crippen LogP contribution in [0, 0.1) is 0 Å². The highest BCUT2D eigenvalue weighted by Gasteiger charge is 2.42. The highest BCUT2D eigenvalue weighted by atomic mass is 16.6. The van der Waals surface area contributed by atoms with Crippen LogP contribution in [0.25, 0.3) is 5.65 Å².